The molecule has 0 aromatic carbocycles. The summed E-state index contributed by atoms with van der Waals surface area (Å²) in [4.78, 5) is 26.7. The number of esters is 1. The van der Waals surface area contributed by atoms with Gasteiger partial charge in [-0.15, -0.1) is 0 Å². The van der Waals surface area contributed by atoms with Crippen LogP contribution < -0.4 is 10.1 Å². The zero-order chi connectivity index (χ0) is 14.4. The zero-order valence-corrected chi connectivity index (χ0v) is 10.4. The van der Waals surface area contributed by atoms with Crippen molar-refractivity contribution in [3.63, 3.8) is 0 Å². The van der Waals surface area contributed by atoms with Crippen molar-refractivity contribution < 1.29 is 29.3 Å². The van der Waals surface area contributed by atoms with E-state index in [-0.39, 0.29) is 11.4 Å². The van der Waals surface area contributed by atoms with Crippen molar-refractivity contribution in [3.8, 4) is 11.5 Å². The van der Waals surface area contributed by atoms with Crippen molar-refractivity contribution in [3.05, 3.63) is 18.0 Å². The second-order valence-corrected chi connectivity index (χ2v) is 3.44. The lowest BCUT2D eigenvalue weighted by molar-refractivity contribution is -0.143. The van der Waals surface area contributed by atoms with E-state index >= 15 is 0 Å². The molecule has 0 unspecified atom stereocenters. The molecule has 8 heteroatoms. The lowest BCUT2D eigenvalue weighted by atomic mass is 10.2. The Morgan fingerprint density at radius 1 is 1.47 bits per heavy atom. The third-order valence-corrected chi connectivity index (χ3v) is 2.30. The summed E-state index contributed by atoms with van der Waals surface area (Å²) in [6.07, 6.45) is 1.26. The van der Waals surface area contributed by atoms with Gasteiger partial charge in [0.25, 0.3) is 5.91 Å². The third-order valence-electron chi connectivity index (χ3n) is 2.30. The summed E-state index contributed by atoms with van der Waals surface area (Å²) in [5, 5.41) is 20.9. The molecule has 3 N–H and O–H groups in total. The number of nitrogens with zero attached hydrogens (tertiary/aromatic N) is 1. The van der Waals surface area contributed by atoms with Gasteiger partial charge in [-0.05, 0) is 0 Å². The van der Waals surface area contributed by atoms with Crippen LogP contribution in [-0.4, -0.2) is 53.9 Å². The van der Waals surface area contributed by atoms with Gasteiger partial charge in [0.2, 0.25) is 0 Å². The third kappa shape index (κ3) is 3.32. The number of methoxy groups -OCH3 is 2. The van der Waals surface area contributed by atoms with Crippen LogP contribution in [0, 0.1) is 0 Å². The second-order valence-electron chi connectivity index (χ2n) is 3.44. The Bertz CT molecular complexity index is 476. The molecular weight excluding hydrogens is 256 g/mol. The molecule has 0 fully saturated rings. The monoisotopic (exact) mass is 270 g/mol. The van der Waals surface area contributed by atoms with E-state index in [2.05, 4.69) is 15.0 Å². The molecule has 19 heavy (non-hydrogen) atoms. The Hall–Kier alpha value is -2.35. The molecule has 104 valence electrons. The molecule has 1 amide bonds. The molecule has 0 aliphatic carbocycles. The standard InChI is InChI=1S/C11H14N2O6/c1-18-7-3-4-12-8(9(7)15)10(16)13-6(5-14)11(17)19-2/h3-4,6,14-15H,5H2,1-2H3,(H,13,16)/t6-/m0/s1. The highest BCUT2D eigenvalue weighted by Gasteiger charge is 2.24. The molecule has 0 aliphatic heterocycles. The van der Waals surface area contributed by atoms with E-state index in [9.17, 15) is 14.7 Å². The lowest BCUT2D eigenvalue weighted by Gasteiger charge is -2.14. The van der Waals surface area contributed by atoms with E-state index in [0.717, 1.165) is 7.11 Å². The van der Waals surface area contributed by atoms with Gasteiger partial charge in [0.05, 0.1) is 20.8 Å². The highest BCUT2D eigenvalue weighted by Crippen LogP contribution is 2.27. The Morgan fingerprint density at radius 3 is 2.68 bits per heavy atom. The number of nitrogens with one attached hydrogen (secondary N) is 1. The van der Waals surface area contributed by atoms with Crippen molar-refractivity contribution in [1.82, 2.24) is 10.3 Å². The number of ether oxygens (including phenoxy) is 2. The molecule has 0 saturated heterocycles. The van der Waals surface area contributed by atoms with E-state index in [1.165, 1.54) is 19.4 Å². The molecule has 0 aliphatic rings. The van der Waals surface area contributed by atoms with Crippen molar-refractivity contribution >= 4 is 11.9 Å². The highest BCUT2D eigenvalue weighted by molar-refractivity contribution is 5.97. The van der Waals surface area contributed by atoms with Crippen molar-refractivity contribution in [1.29, 1.82) is 0 Å². The summed E-state index contributed by atoms with van der Waals surface area (Å²) >= 11 is 0. The number of rotatable bonds is 5. The number of pyridine rings is 1. The van der Waals surface area contributed by atoms with Crippen LogP contribution in [0.2, 0.25) is 0 Å². The van der Waals surface area contributed by atoms with E-state index < -0.39 is 30.3 Å². The Balaban J connectivity index is 2.92. The summed E-state index contributed by atoms with van der Waals surface area (Å²) in [6, 6.07) is 0.139. The Morgan fingerprint density at radius 2 is 2.16 bits per heavy atom. The molecule has 1 atom stereocenters. The van der Waals surface area contributed by atoms with Gasteiger partial charge in [-0.1, -0.05) is 0 Å². The van der Waals surface area contributed by atoms with Gasteiger partial charge < -0.3 is 25.0 Å². The van der Waals surface area contributed by atoms with Gasteiger partial charge >= 0.3 is 5.97 Å². The fourth-order valence-electron chi connectivity index (χ4n) is 1.32. The van der Waals surface area contributed by atoms with Gasteiger partial charge in [-0.3, -0.25) is 4.79 Å². The molecule has 8 nitrogen and oxygen atoms in total. The smallest absolute Gasteiger partial charge is 0.330 e. The highest BCUT2D eigenvalue weighted by atomic mass is 16.5. The van der Waals surface area contributed by atoms with Crippen LogP contribution in [0.15, 0.2) is 12.3 Å². The number of aliphatic hydroxyl groups is 1. The summed E-state index contributed by atoms with van der Waals surface area (Å²) in [5.41, 5.74) is -0.318. The summed E-state index contributed by atoms with van der Waals surface area (Å²) in [7, 11) is 2.44. The number of amides is 1. The van der Waals surface area contributed by atoms with Crippen LogP contribution in [0.3, 0.4) is 0 Å². The molecule has 1 aromatic rings. The van der Waals surface area contributed by atoms with E-state index in [0.29, 0.717) is 0 Å². The number of aromatic hydroxyl groups is 1. The van der Waals surface area contributed by atoms with E-state index in [1.807, 2.05) is 0 Å². The minimum absolute atomic E-state index is 0.0683. The average molecular weight is 270 g/mol. The van der Waals surface area contributed by atoms with Crippen LogP contribution in [0.25, 0.3) is 0 Å². The van der Waals surface area contributed by atoms with Crippen molar-refractivity contribution in [2.45, 2.75) is 6.04 Å². The van der Waals surface area contributed by atoms with Crippen LogP contribution >= 0.6 is 0 Å². The first kappa shape index (κ1) is 14.7. The molecule has 0 bridgehead atoms. The first-order valence-electron chi connectivity index (χ1n) is 5.26. The first-order valence-corrected chi connectivity index (χ1v) is 5.26. The molecule has 0 spiro atoms. The summed E-state index contributed by atoms with van der Waals surface area (Å²) in [6.45, 7) is -0.636. The maximum atomic E-state index is 11.8. The van der Waals surface area contributed by atoms with Crippen molar-refractivity contribution in [2.24, 2.45) is 0 Å². The normalized spacial score (nSPS) is 11.5. The molecule has 0 saturated carbocycles. The molecular formula is C11H14N2O6. The average Bonchev–Trinajstić information content (AvgIpc) is 2.43. The number of hydrogen-bond donors (Lipinski definition) is 3. The molecule has 1 aromatic heterocycles. The van der Waals surface area contributed by atoms with Crippen molar-refractivity contribution in [2.75, 3.05) is 20.8 Å². The predicted molar refractivity (Wildman–Crippen MR) is 62.8 cm³/mol. The van der Waals surface area contributed by atoms with Gasteiger partial charge in [0.15, 0.2) is 23.2 Å². The predicted octanol–water partition coefficient (Wildman–Crippen LogP) is -0.941. The number of aromatic nitrogens is 1. The second kappa shape index (κ2) is 6.55. The van der Waals surface area contributed by atoms with Gasteiger partial charge in [0, 0.05) is 12.3 Å². The van der Waals surface area contributed by atoms with Crippen LogP contribution in [0.5, 0.6) is 11.5 Å². The topological polar surface area (TPSA) is 118 Å². The summed E-state index contributed by atoms with van der Waals surface area (Å²) < 4.78 is 9.22. The maximum absolute atomic E-state index is 11.8. The summed E-state index contributed by atoms with van der Waals surface area (Å²) in [5.74, 6) is -2.03. The van der Waals surface area contributed by atoms with Gasteiger partial charge in [0.1, 0.15) is 0 Å². The Labute approximate surface area is 109 Å². The number of aliphatic hydroxyl groups excluding tert-OH is 1. The largest absolute Gasteiger partial charge is 0.503 e. The lowest BCUT2D eigenvalue weighted by Crippen LogP contribution is -2.44. The molecule has 0 radical (unpaired) electrons. The fraction of sp³-hybridized carbons (Fsp3) is 0.364. The van der Waals surface area contributed by atoms with Gasteiger partial charge in [-0.2, -0.15) is 0 Å². The van der Waals surface area contributed by atoms with Gasteiger partial charge in [-0.25, -0.2) is 9.78 Å². The fourth-order valence-corrected chi connectivity index (χ4v) is 1.32. The van der Waals surface area contributed by atoms with Crippen LogP contribution in [-0.2, 0) is 9.53 Å². The quantitative estimate of drug-likeness (QED) is 0.591. The SMILES string of the molecule is COC(=O)[C@H](CO)NC(=O)c1nccc(OC)c1O. The minimum atomic E-state index is -1.23. The minimum Gasteiger partial charge on any atom is -0.503 e. The number of carbonyl (C=O) groups excluding carboxylic acids is 2. The van der Waals surface area contributed by atoms with Crippen LogP contribution in [0.4, 0.5) is 0 Å². The number of carbonyl (C=O) groups is 2. The Kier molecular flexibility index (Phi) is 5.07. The maximum Gasteiger partial charge on any atom is 0.330 e. The zero-order valence-electron chi connectivity index (χ0n) is 10.4. The van der Waals surface area contributed by atoms with E-state index in [4.69, 9.17) is 9.84 Å². The molecule has 1 heterocycles. The van der Waals surface area contributed by atoms with Crippen LogP contribution in [0.1, 0.15) is 10.5 Å². The number of hydrogen-bond acceptors (Lipinski definition) is 7. The molecule has 1 rings (SSSR count). The van der Waals surface area contributed by atoms with E-state index in [1.54, 1.807) is 0 Å². The first-order chi connectivity index (χ1) is 9.04.